The van der Waals surface area contributed by atoms with Crippen LogP contribution >= 0.6 is 0 Å². The van der Waals surface area contributed by atoms with E-state index in [0.29, 0.717) is 0 Å². The summed E-state index contributed by atoms with van der Waals surface area (Å²) in [5.41, 5.74) is 8.98. The molecule has 0 amide bonds. The van der Waals surface area contributed by atoms with Gasteiger partial charge >= 0.3 is 0 Å². The predicted octanol–water partition coefficient (Wildman–Crippen LogP) is 2.21. The van der Waals surface area contributed by atoms with Crippen LogP contribution in [0.25, 0.3) is 11.3 Å². The van der Waals surface area contributed by atoms with Gasteiger partial charge in [-0.15, -0.1) is 0 Å². The molecule has 0 bridgehead atoms. The summed E-state index contributed by atoms with van der Waals surface area (Å²) in [6, 6.07) is 8.30. The van der Waals surface area contributed by atoms with Crippen LogP contribution < -0.4 is 5.73 Å². The van der Waals surface area contributed by atoms with Gasteiger partial charge in [0.05, 0.1) is 12.0 Å². The topological polar surface area (TPSA) is 43.8 Å². The molecular weight excluding hydrogens is 198 g/mol. The minimum atomic E-state index is 0.720. The van der Waals surface area contributed by atoms with Crippen LogP contribution in [0.3, 0.4) is 0 Å². The maximum Gasteiger partial charge on any atom is 0.0953 e. The van der Waals surface area contributed by atoms with Crippen molar-refractivity contribution in [1.29, 1.82) is 0 Å². The van der Waals surface area contributed by atoms with E-state index >= 15 is 0 Å². The fraction of sp³-hybridized carbons (Fsp3) is 0.308. The van der Waals surface area contributed by atoms with Crippen LogP contribution in [-0.2, 0) is 6.54 Å². The Morgan fingerprint density at radius 1 is 1.31 bits per heavy atom. The molecule has 3 heteroatoms. The molecule has 84 valence electrons. The van der Waals surface area contributed by atoms with E-state index in [1.54, 1.807) is 0 Å². The molecule has 0 saturated carbocycles. The number of hydrogen-bond donors (Lipinski definition) is 1. The summed E-state index contributed by atoms with van der Waals surface area (Å²) in [5, 5.41) is 0. The van der Waals surface area contributed by atoms with Gasteiger partial charge in [-0.1, -0.05) is 24.3 Å². The SMILES string of the molecule is Cc1ccccc1-c1cn(CCCN)cn1. The second kappa shape index (κ2) is 4.94. The van der Waals surface area contributed by atoms with Gasteiger partial charge in [0.25, 0.3) is 0 Å². The molecule has 1 aromatic carbocycles. The zero-order valence-corrected chi connectivity index (χ0v) is 9.56. The van der Waals surface area contributed by atoms with Crippen LogP contribution in [0.2, 0.25) is 0 Å². The molecule has 2 rings (SSSR count). The van der Waals surface area contributed by atoms with Gasteiger partial charge in [0.1, 0.15) is 0 Å². The molecule has 2 aromatic rings. The molecule has 0 aliphatic rings. The molecule has 1 aromatic heterocycles. The van der Waals surface area contributed by atoms with Gasteiger partial charge < -0.3 is 10.3 Å². The Bertz CT molecular complexity index is 460. The van der Waals surface area contributed by atoms with E-state index < -0.39 is 0 Å². The second-order valence-electron chi connectivity index (χ2n) is 3.95. The summed E-state index contributed by atoms with van der Waals surface area (Å²) in [6.45, 7) is 3.77. The Balaban J connectivity index is 2.22. The van der Waals surface area contributed by atoms with E-state index in [1.807, 2.05) is 18.5 Å². The summed E-state index contributed by atoms with van der Waals surface area (Å²) < 4.78 is 2.09. The molecule has 16 heavy (non-hydrogen) atoms. The normalized spacial score (nSPS) is 10.6. The highest BCUT2D eigenvalue weighted by Crippen LogP contribution is 2.20. The van der Waals surface area contributed by atoms with E-state index in [-0.39, 0.29) is 0 Å². The van der Waals surface area contributed by atoms with Gasteiger partial charge in [0.2, 0.25) is 0 Å². The molecule has 0 radical (unpaired) electrons. The number of hydrogen-bond acceptors (Lipinski definition) is 2. The molecule has 0 aliphatic heterocycles. The fourth-order valence-corrected chi connectivity index (χ4v) is 1.76. The van der Waals surface area contributed by atoms with Gasteiger partial charge in [-0.3, -0.25) is 0 Å². The summed E-state index contributed by atoms with van der Waals surface area (Å²) in [6.07, 6.45) is 4.94. The third-order valence-corrected chi connectivity index (χ3v) is 2.67. The number of aromatic nitrogens is 2. The molecular formula is C13H17N3. The van der Waals surface area contributed by atoms with Gasteiger partial charge in [0, 0.05) is 18.3 Å². The van der Waals surface area contributed by atoms with Crippen molar-refractivity contribution in [3.63, 3.8) is 0 Å². The van der Waals surface area contributed by atoms with Gasteiger partial charge in [-0.05, 0) is 25.5 Å². The average molecular weight is 215 g/mol. The number of nitrogens with zero attached hydrogens (tertiary/aromatic N) is 2. The first-order valence-electron chi connectivity index (χ1n) is 5.59. The Labute approximate surface area is 95.9 Å². The average Bonchev–Trinajstić information content (AvgIpc) is 2.75. The molecule has 0 saturated heterocycles. The second-order valence-corrected chi connectivity index (χ2v) is 3.95. The van der Waals surface area contributed by atoms with E-state index in [4.69, 9.17) is 5.73 Å². The summed E-state index contributed by atoms with van der Waals surface area (Å²) in [5.74, 6) is 0. The number of rotatable bonds is 4. The highest BCUT2D eigenvalue weighted by atomic mass is 15.0. The van der Waals surface area contributed by atoms with Crippen LogP contribution in [-0.4, -0.2) is 16.1 Å². The number of nitrogens with two attached hydrogens (primary N) is 1. The van der Waals surface area contributed by atoms with E-state index in [0.717, 1.165) is 25.2 Å². The zero-order chi connectivity index (χ0) is 11.4. The first kappa shape index (κ1) is 10.9. The maximum absolute atomic E-state index is 5.48. The Hall–Kier alpha value is -1.61. The lowest BCUT2D eigenvalue weighted by Crippen LogP contribution is -2.03. The van der Waals surface area contributed by atoms with Crippen molar-refractivity contribution in [3.8, 4) is 11.3 Å². The van der Waals surface area contributed by atoms with E-state index in [9.17, 15) is 0 Å². The molecule has 2 N–H and O–H groups in total. The third-order valence-electron chi connectivity index (χ3n) is 2.67. The van der Waals surface area contributed by atoms with Crippen LogP contribution in [0.1, 0.15) is 12.0 Å². The highest BCUT2D eigenvalue weighted by molar-refractivity contribution is 5.62. The van der Waals surface area contributed by atoms with E-state index in [2.05, 4.69) is 34.8 Å². The predicted molar refractivity (Wildman–Crippen MR) is 66.1 cm³/mol. The minimum absolute atomic E-state index is 0.720. The van der Waals surface area contributed by atoms with Gasteiger partial charge in [0.15, 0.2) is 0 Å². The zero-order valence-electron chi connectivity index (χ0n) is 9.56. The lowest BCUT2D eigenvalue weighted by Gasteiger charge is -2.01. The van der Waals surface area contributed by atoms with Crippen LogP contribution in [0.4, 0.5) is 0 Å². The van der Waals surface area contributed by atoms with Crippen LogP contribution in [0.5, 0.6) is 0 Å². The Morgan fingerprint density at radius 2 is 2.12 bits per heavy atom. The monoisotopic (exact) mass is 215 g/mol. The lowest BCUT2D eigenvalue weighted by molar-refractivity contribution is 0.650. The smallest absolute Gasteiger partial charge is 0.0953 e. The highest BCUT2D eigenvalue weighted by Gasteiger charge is 2.03. The molecule has 1 heterocycles. The molecule has 0 fully saturated rings. The first-order valence-corrected chi connectivity index (χ1v) is 5.59. The van der Waals surface area contributed by atoms with Crippen molar-refractivity contribution in [2.24, 2.45) is 5.73 Å². The molecule has 3 nitrogen and oxygen atoms in total. The maximum atomic E-state index is 5.48. The lowest BCUT2D eigenvalue weighted by atomic mass is 10.1. The van der Waals surface area contributed by atoms with Crippen molar-refractivity contribution >= 4 is 0 Å². The van der Waals surface area contributed by atoms with Crippen molar-refractivity contribution in [2.75, 3.05) is 6.54 Å². The molecule has 0 spiro atoms. The minimum Gasteiger partial charge on any atom is -0.337 e. The summed E-state index contributed by atoms with van der Waals surface area (Å²) >= 11 is 0. The summed E-state index contributed by atoms with van der Waals surface area (Å²) in [7, 11) is 0. The van der Waals surface area contributed by atoms with Crippen molar-refractivity contribution in [1.82, 2.24) is 9.55 Å². The van der Waals surface area contributed by atoms with Gasteiger partial charge in [-0.25, -0.2) is 4.98 Å². The van der Waals surface area contributed by atoms with E-state index in [1.165, 1.54) is 11.1 Å². The molecule has 0 unspecified atom stereocenters. The number of imidazole rings is 1. The standard InChI is InChI=1S/C13H17N3/c1-11-5-2-3-6-12(11)13-9-16(10-15-13)8-4-7-14/h2-3,5-6,9-10H,4,7-8,14H2,1H3. The van der Waals surface area contributed by atoms with Crippen LogP contribution in [0.15, 0.2) is 36.8 Å². The first-order chi connectivity index (χ1) is 7.81. The summed E-state index contributed by atoms with van der Waals surface area (Å²) in [4.78, 5) is 4.42. The number of benzene rings is 1. The number of aryl methyl sites for hydroxylation is 2. The van der Waals surface area contributed by atoms with Crippen molar-refractivity contribution in [3.05, 3.63) is 42.4 Å². The van der Waals surface area contributed by atoms with Crippen molar-refractivity contribution < 1.29 is 0 Å². The van der Waals surface area contributed by atoms with Gasteiger partial charge in [-0.2, -0.15) is 0 Å². The Morgan fingerprint density at radius 3 is 2.88 bits per heavy atom. The fourth-order valence-electron chi connectivity index (χ4n) is 1.76. The molecule has 0 atom stereocenters. The third kappa shape index (κ3) is 2.31. The quantitative estimate of drug-likeness (QED) is 0.849. The Kier molecular flexibility index (Phi) is 3.37. The van der Waals surface area contributed by atoms with Crippen LogP contribution in [0, 0.1) is 6.92 Å². The largest absolute Gasteiger partial charge is 0.337 e. The molecule has 0 aliphatic carbocycles. The van der Waals surface area contributed by atoms with Crippen molar-refractivity contribution in [2.45, 2.75) is 19.9 Å².